The third kappa shape index (κ3) is 2.85. The van der Waals surface area contributed by atoms with E-state index in [0.717, 1.165) is 36.4 Å². The lowest BCUT2D eigenvalue weighted by atomic mass is 9.98. The predicted molar refractivity (Wildman–Crippen MR) is 81.1 cm³/mol. The molecule has 2 heterocycles. The molecule has 0 atom stereocenters. The molecule has 0 unspecified atom stereocenters. The third-order valence-corrected chi connectivity index (χ3v) is 4.06. The highest BCUT2D eigenvalue weighted by Gasteiger charge is 2.16. The number of carbonyl (C=O) groups excluding carboxylic acids is 1. The summed E-state index contributed by atoms with van der Waals surface area (Å²) in [6, 6.07) is 7.95. The summed E-state index contributed by atoms with van der Waals surface area (Å²) in [5.41, 5.74) is 4.38. The molecule has 21 heavy (non-hydrogen) atoms. The van der Waals surface area contributed by atoms with Crippen molar-refractivity contribution in [2.75, 3.05) is 13.6 Å². The second-order valence-electron chi connectivity index (χ2n) is 5.57. The molecule has 1 aromatic carbocycles. The maximum absolute atomic E-state index is 12.5. The van der Waals surface area contributed by atoms with Gasteiger partial charge in [-0.1, -0.05) is 6.07 Å². The van der Waals surface area contributed by atoms with Crippen molar-refractivity contribution in [2.45, 2.75) is 26.4 Å². The van der Waals surface area contributed by atoms with Crippen LogP contribution >= 0.6 is 0 Å². The van der Waals surface area contributed by atoms with E-state index in [2.05, 4.69) is 11.4 Å². The summed E-state index contributed by atoms with van der Waals surface area (Å²) >= 11 is 0. The van der Waals surface area contributed by atoms with E-state index in [-0.39, 0.29) is 5.91 Å². The van der Waals surface area contributed by atoms with Gasteiger partial charge in [-0.05, 0) is 49.2 Å². The Morgan fingerprint density at radius 1 is 1.33 bits per heavy atom. The molecule has 1 aliphatic rings. The van der Waals surface area contributed by atoms with Gasteiger partial charge in [0.2, 0.25) is 0 Å². The number of nitrogens with zero attached hydrogens (tertiary/aromatic N) is 1. The first-order valence-electron chi connectivity index (χ1n) is 7.26. The molecule has 1 N–H and O–H groups in total. The summed E-state index contributed by atoms with van der Waals surface area (Å²) in [5.74, 6) is 0.910. The number of hydrogen-bond acceptors (Lipinski definition) is 3. The van der Waals surface area contributed by atoms with Crippen LogP contribution < -0.4 is 5.32 Å². The fourth-order valence-corrected chi connectivity index (χ4v) is 2.74. The second-order valence-corrected chi connectivity index (χ2v) is 5.57. The number of furan rings is 1. The summed E-state index contributed by atoms with van der Waals surface area (Å²) in [5, 5.41) is 3.34. The number of hydrogen-bond donors (Lipinski definition) is 1. The molecule has 4 nitrogen and oxygen atoms in total. The van der Waals surface area contributed by atoms with Gasteiger partial charge in [0.1, 0.15) is 5.76 Å². The minimum Gasteiger partial charge on any atom is -0.469 e. The zero-order valence-electron chi connectivity index (χ0n) is 12.5. The largest absolute Gasteiger partial charge is 0.469 e. The highest BCUT2D eigenvalue weighted by Crippen LogP contribution is 2.18. The van der Waals surface area contributed by atoms with Crippen LogP contribution in [0.5, 0.6) is 0 Å². The number of aryl methyl sites for hydroxylation is 1. The minimum atomic E-state index is 0.0453. The average molecular weight is 284 g/mol. The molecule has 2 aromatic rings. The normalized spacial score (nSPS) is 13.8. The van der Waals surface area contributed by atoms with Gasteiger partial charge in [-0.3, -0.25) is 4.79 Å². The molecule has 1 aliphatic heterocycles. The number of fused-ring (bicyclic) bond motifs is 1. The molecule has 0 fully saturated rings. The Balaban J connectivity index is 1.76. The Hall–Kier alpha value is -2.07. The topological polar surface area (TPSA) is 45.5 Å². The van der Waals surface area contributed by atoms with E-state index in [4.69, 9.17) is 4.42 Å². The maximum Gasteiger partial charge on any atom is 0.253 e. The standard InChI is InChI=1S/C17H20N2O2/c1-12-15(6-8-21-12)11-19(2)17(20)14-4-3-13-5-7-18-10-16(13)9-14/h3-4,6,8-9,18H,5,7,10-11H2,1-2H3. The lowest BCUT2D eigenvalue weighted by Crippen LogP contribution is -2.28. The van der Waals surface area contributed by atoms with Gasteiger partial charge in [0.25, 0.3) is 5.91 Å². The van der Waals surface area contributed by atoms with Crippen LogP contribution in [0, 0.1) is 6.92 Å². The molecule has 110 valence electrons. The zero-order chi connectivity index (χ0) is 14.8. The van der Waals surface area contributed by atoms with E-state index >= 15 is 0 Å². The smallest absolute Gasteiger partial charge is 0.253 e. The molecule has 3 rings (SSSR count). The van der Waals surface area contributed by atoms with Crippen LogP contribution in [0.1, 0.15) is 32.8 Å². The van der Waals surface area contributed by atoms with Crippen molar-refractivity contribution in [3.05, 3.63) is 58.5 Å². The second kappa shape index (κ2) is 5.74. The van der Waals surface area contributed by atoms with Gasteiger partial charge in [-0.25, -0.2) is 0 Å². The van der Waals surface area contributed by atoms with E-state index < -0.39 is 0 Å². The number of rotatable bonds is 3. The monoisotopic (exact) mass is 284 g/mol. The van der Waals surface area contributed by atoms with Crippen molar-refractivity contribution < 1.29 is 9.21 Å². The molecule has 1 amide bonds. The molecule has 0 bridgehead atoms. The first-order chi connectivity index (χ1) is 10.1. The van der Waals surface area contributed by atoms with Crippen molar-refractivity contribution in [3.8, 4) is 0 Å². The molecule has 0 radical (unpaired) electrons. The molecular formula is C17H20N2O2. The Bertz CT molecular complexity index is 661. The fourth-order valence-electron chi connectivity index (χ4n) is 2.74. The van der Waals surface area contributed by atoms with Gasteiger partial charge in [-0.2, -0.15) is 0 Å². The summed E-state index contributed by atoms with van der Waals surface area (Å²) in [7, 11) is 1.83. The van der Waals surface area contributed by atoms with E-state index in [1.54, 1.807) is 11.2 Å². The Morgan fingerprint density at radius 3 is 2.95 bits per heavy atom. The van der Waals surface area contributed by atoms with Crippen molar-refractivity contribution in [1.29, 1.82) is 0 Å². The summed E-state index contributed by atoms with van der Waals surface area (Å²) in [4.78, 5) is 14.3. The van der Waals surface area contributed by atoms with E-state index in [1.165, 1.54) is 11.1 Å². The molecule has 0 saturated carbocycles. The summed E-state index contributed by atoms with van der Waals surface area (Å²) in [6.07, 6.45) is 2.70. The lowest BCUT2D eigenvalue weighted by molar-refractivity contribution is 0.0784. The number of benzene rings is 1. The highest BCUT2D eigenvalue weighted by molar-refractivity contribution is 5.94. The van der Waals surface area contributed by atoms with Crippen LogP contribution in [0.3, 0.4) is 0 Å². The van der Waals surface area contributed by atoms with E-state index in [0.29, 0.717) is 6.54 Å². The quantitative estimate of drug-likeness (QED) is 0.942. The first kappa shape index (κ1) is 13.9. The van der Waals surface area contributed by atoms with Crippen LogP contribution in [0.2, 0.25) is 0 Å². The van der Waals surface area contributed by atoms with Crippen LogP contribution in [-0.4, -0.2) is 24.4 Å². The van der Waals surface area contributed by atoms with E-state index in [9.17, 15) is 4.79 Å². The lowest BCUT2D eigenvalue weighted by Gasteiger charge is -2.20. The zero-order valence-corrected chi connectivity index (χ0v) is 12.5. The van der Waals surface area contributed by atoms with Crippen LogP contribution in [0.25, 0.3) is 0 Å². The van der Waals surface area contributed by atoms with Gasteiger partial charge in [0.05, 0.1) is 6.26 Å². The van der Waals surface area contributed by atoms with Crippen molar-refractivity contribution >= 4 is 5.91 Å². The van der Waals surface area contributed by atoms with Gasteiger partial charge in [-0.15, -0.1) is 0 Å². The van der Waals surface area contributed by atoms with Crippen LogP contribution in [0.4, 0.5) is 0 Å². The molecule has 0 saturated heterocycles. The summed E-state index contributed by atoms with van der Waals surface area (Å²) in [6.45, 7) is 4.34. The van der Waals surface area contributed by atoms with Crippen molar-refractivity contribution in [3.63, 3.8) is 0 Å². The van der Waals surface area contributed by atoms with Gasteiger partial charge in [0.15, 0.2) is 0 Å². The third-order valence-electron chi connectivity index (χ3n) is 4.06. The van der Waals surface area contributed by atoms with Crippen LogP contribution in [-0.2, 0) is 19.5 Å². The van der Waals surface area contributed by atoms with Gasteiger partial charge >= 0.3 is 0 Å². The highest BCUT2D eigenvalue weighted by atomic mass is 16.3. The number of carbonyl (C=O) groups is 1. The Morgan fingerprint density at radius 2 is 2.19 bits per heavy atom. The van der Waals surface area contributed by atoms with Crippen LogP contribution in [0.15, 0.2) is 34.9 Å². The molecule has 4 heteroatoms. The Kier molecular flexibility index (Phi) is 3.80. The van der Waals surface area contributed by atoms with Crippen molar-refractivity contribution in [1.82, 2.24) is 10.2 Å². The minimum absolute atomic E-state index is 0.0453. The maximum atomic E-state index is 12.5. The number of nitrogens with one attached hydrogen (secondary N) is 1. The fraction of sp³-hybridized carbons (Fsp3) is 0.353. The van der Waals surface area contributed by atoms with Crippen molar-refractivity contribution in [2.24, 2.45) is 0 Å². The molecule has 1 aromatic heterocycles. The SMILES string of the molecule is Cc1occc1CN(C)C(=O)c1ccc2c(c1)CNCC2. The summed E-state index contributed by atoms with van der Waals surface area (Å²) < 4.78 is 5.28. The molecule has 0 spiro atoms. The van der Waals surface area contributed by atoms with E-state index in [1.807, 2.05) is 32.2 Å². The molecule has 0 aliphatic carbocycles. The Labute approximate surface area is 124 Å². The first-order valence-corrected chi connectivity index (χ1v) is 7.26. The number of amides is 1. The van der Waals surface area contributed by atoms with Gasteiger partial charge in [0, 0.05) is 31.3 Å². The van der Waals surface area contributed by atoms with Gasteiger partial charge < -0.3 is 14.6 Å². The predicted octanol–water partition coefficient (Wildman–Crippen LogP) is 2.51. The molecular weight excluding hydrogens is 264 g/mol. The average Bonchev–Trinajstić information content (AvgIpc) is 2.91.